The van der Waals surface area contributed by atoms with Crippen LogP contribution in [0, 0.1) is 6.92 Å². The highest BCUT2D eigenvalue weighted by atomic mass is 16.1. The molecule has 0 spiro atoms. The number of carbonyl (C=O) groups excluding carboxylic acids is 1. The van der Waals surface area contributed by atoms with Gasteiger partial charge in [-0.3, -0.25) is 4.79 Å². The van der Waals surface area contributed by atoms with Gasteiger partial charge in [-0.2, -0.15) is 5.10 Å². The number of aromatic nitrogens is 3. The molecule has 1 amide bonds. The first-order chi connectivity index (χ1) is 13.7. The minimum atomic E-state index is 0.735. The highest BCUT2D eigenvalue weighted by Crippen LogP contribution is 2.30. The Hall–Kier alpha value is -3.35. The molecule has 1 saturated heterocycles. The summed E-state index contributed by atoms with van der Waals surface area (Å²) in [5, 5.41) is 8.10. The van der Waals surface area contributed by atoms with E-state index in [0.29, 0.717) is 0 Å². The second-order valence-corrected chi connectivity index (χ2v) is 6.85. The average Bonchev–Trinajstić information content (AvgIpc) is 3.11. The van der Waals surface area contributed by atoms with Crippen molar-refractivity contribution in [3.8, 4) is 16.9 Å². The van der Waals surface area contributed by atoms with Gasteiger partial charge in [-0.05, 0) is 31.2 Å². The number of nitrogens with zero attached hydrogens (tertiary/aromatic N) is 5. The van der Waals surface area contributed by atoms with E-state index in [9.17, 15) is 4.79 Å². The standard InChI is InChI=1S/C21H24N6O/c1-16-20(24-27(21(16)22-2)18-6-4-3-5-7-18)17-8-9-19(23-14-17)26-12-10-25(15-28)11-13-26/h3-9,14-15,22H,10-13H2,1-2H3. The molecule has 144 valence electrons. The lowest BCUT2D eigenvalue weighted by atomic mass is 10.1. The summed E-state index contributed by atoms with van der Waals surface area (Å²) >= 11 is 0. The molecule has 3 heterocycles. The van der Waals surface area contributed by atoms with Crippen molar-refractivity contribution in [1.29, 1.82) is 0 Å². The number of anilines is 2. The molecule has 1 N–H and O–H groups in total. The van der Waals surface area contributed by atoms with Crippen molar-refractivity contribution in [2.24, 2.45) is 0 Å². The van der Waals surface area contributed by atoms with Gasteiger partial charge in [-0.25, -0.2) is 9.67 Å². The van der Waals surface area contributed by atoms with E-state index in [-0.39, 0.29) is 0 Å². The van der Waals surface area contributed by atoms with Crippen LogP contribution in [0.5, 0.6) is 0 Å². The van der Waals surface area contributed by atoms with Gasteiger partial charge in [0, 0.05) is 50.6 Å². The monoisotopic (exact) mass is 376 g/mol. The Kier molecular flexibility index (Phi) is 4.97. The lowest BCUT2D eigenvalue weighted by Crippen LogP contribution is -2.46. The molecule has 7 nitrogen and oxygen atoms in total. The van der Waals surface area contributed by atoms with Crippen LogP contribution in [-0.4, -0.2) is 59.3 Å². The summed E-state index contributed by atoms with van der Waals surface area (Å²) in [7, 11) is 1.91. The number of nitrogens with one attached hydrogen (secondary N) is 1. The molecule has 7 heteroatoms. The van der Waals surface area contributed by atoms with Gasteiger partial charge < -0.3 is 15.1 Å². The van der Waals surface area contributed by atoms with Crippen molar-refractivity contribution in [1.82, 2.24) is 19.7 Å². The summed E-state index contributed by atoms with van der Waals surface area (Å²) in [6.45, 7) is 5.14. The van der Waals surface area contributed by atoms with Crippen LogP contribution in [0.25, 0.3) is 16.9 Å². The Labute approximate surface area is 164 Å². The van der Waals surface area contributed by atoms with Crippen LogP contribution in [0.15, 0.2) is 48.7 Å². The van der Waals surface area contributed by atoms with Crippen molar-refractivity contribution >= 4 is 18.0 Å². The van der Waals surface area contributed by atoms with Gasteiger partial charge in [0.1, 0.15) is 11.6 Å². The van der Waals surface area contributed by atoms with Gasteiger partial charge in [0.2, 0.25) is 6.41 Å². The molecule has 1 fully saturated rings. The number of amides is 1. The number of rotatable bonds is 5. The Balaban J connectivity index is 1.61. The molecule has 0 bridgehead atoms. The number of hydrogen-bond donors (Lipinski definition) is 1. The molecule has 28 heavy (non-hydrogen) atoms. The zero-order chi connectivity index (χ0) is 19.5. The number of benzene rings is 1. The molecular formula is C21H24N6O. The first-order valence-corrected chi connectivity index (χ1v) is 9.45. The van der Waals surface area contributed by atoms with Crippen LogP contribution in [-0.2, 0) is 4.79 Å². The predicted octanol–water partition coefficient (Wildman–Crippen LogP) is 2.56. The van der Waals surface area contributed by atoms with E-state index in [2.05, 4.69) is 28.2 Å². The van der Waals surface area contributed by atoms with Crippen LogP contribution in [0.4, 0.5) is 11.6 Å². The molecule has 3 aromatic rings. The summed E-state index contributed by atoms with van der Waals surface area (Å²) in [4.78, 5) is 19.5. The second kappa shape index (κ2) is 7.72. The molecule has 1 aliphatic rings. The van der Waals surface area contributed by atoms with Crippen molar-refractivity contribution in [3.63, 3.8) is 0 Å². The van der Waals surface area contributed by atoms with E-state index in [1.807, 2.05) is 54.3 Å². The van der Waals surface area contributed by atoms with Gasteiger partial charge in [0.05, 0.1) is 11.4 Å². The lowest BCUT2D eigenvalue weighted by molar-refractivity contribution is -0.118. The molecule has 1 aliphatic heterocycles. The van der Waals surface area contributed by atoms with E-state index < -0.39 is 0 Å². The SMILES string of the molecule is CNc1c(C)c(-c2ccc(N3CCN(C=O)CC3)nc2)nn1-c1ccccc1. The highest BCUT2D eigenvalue weighted by molar-refractivity contribution is 5.70. The van der Waals surface area contributed by atoms with Crippen LogP contribution >= 0.6 is 0 Å². The van der Waals surface area contributed by atoms with Gasteiger partial charge >= 0.3 is 0 Å². The van der Waals surface area contributed by atoms with Gasteiger partial charge in [0.15, 0.2) is 0 Å². The molecule has 2 aromatic heterocycles. The zero-order valence-electron chi connectivity index (χ0n) is 16.2. The van der Waals surface area contributed by atoms with Crippen LogP contribution in [0.2, 0.25) is 0 Å². The second-order valence-electron chi connectivity index (χ2n) is 6.85. The molecule has 0 atom stereocenters. The Morgan fingerprint density at radius 3 is 2.39 bits per heavy atom. The van der Waals surface area contributed by atoms with E-state index >= 15 is 0 Å². The minimum Gasteiger partial charge on any atom is -0.373 e. The molecule has 0 aliphatic carbocycles. The van der Waals surface area contributed by atoms with Crippen molar-refractivity contribution in [2.45, 2.75) is 6.92 Å². The van der Waals surface area contributed by atoms with E-state index in [0.717, 1.165) is 66.7 Å². The number of pyridine rings is 1. The fourth-order valence-electron chi connectivity index (χ4n) is 3.59. The molecular weight excluding hydrogens is 352 g/mol. The molecule has 0 saturated carbocycles. The molecule has 1 aromatic carbocycles. The average molecular weight is 376 g/mol. The number of hydrogen-bond acceptors (Lipinski definition) is 5. The third kappa shape index (κ3) is 3.31. The number of carbonyl (C=O) groups is 1. The fourth-order valence-corrected chi connectivity index (χ4v) is 3.59. The Bertz CT molecular complexity index is 943. The summed E-state index contributed by atoms with van der Waals surface area (Å²) < 4.78 is 1.93. The number of piperazine rings is 1. The van der Waals surface area contributed by atoms with Gasteiger partial charge in [-0.1, -0.05) is 18.2 Å². The first-order valence-electron chi connectivity index (χ1n) is 9.45. The van der Waals surface area contributed by atoms with Crippen molar-refractivity contribution < 1.29 is 4.79 Å². The maximum Gasteiger partial charge on any atom is 0.209 e. The zero-order valence-corrected chi connectivity index (χ0v) is 16.2. The predicted molar refractivity (Wildman–Crippen MR) is 111 cm³/mol. The quantitative estimate of drug-likeness (QED) is 0.694. The molecule has 0 radical (unpaired) electrons. The van der Waals surface area contributed by atoms with Crippen molar-refractivity contribution in [2.75, 3.05) is 43.4 Å². The summed E-state index contributed by atoms with van der Waals surface area (Å²) in [6.07, 6.45) is 2.80. The number of para-hydroxylation sites is 1. The van der Waals surface area contributed by atoms with Gasteiger partial charge in [-0.15, -0.1) is 0 Å². The summed E-state index contributed by atoms with van der Waals surface area (Å²) in [5.41, 5.74) is 4.00. The topological polar surface area (TPSA) is 66.3 Å². The van der Waals surface area contributed by atoms with E-state index in [1.54, 1.807) is 4.90 Å². The van der Waals surface area contributed by atoms with Crippen molar-refractivity contribution in [3.05, 3.63) is 54.2 Å². The normalized spacial score (nSPS) is 14.2. The summed E-state index contributed by atoms with van der Waals surface area (Å²) in [5.74, 6) is 1.90. The van der Waals surface area contributed by atoms with E-state index in [1.165, 1.54) is 0 Å². The maximum atomic E-state index is 10.9. The third-order valence-electron chi connectivity index (χ3n) is 5.17. The Morgan fingerprint density at radius 2 is 1.79 bits per heavy atom. The van der Waals surface area contributed by atoms with E-state index in [4.69, 9.17) is 5.10 Å². The van der Waals surface area contributed by atoms with Crippen LogP contribution < -0.4 is 10.2 Å². The fraction of sp³-hybridized carbons (Fsp3) is 0.286. The smallest absolute Gasteiger partial charge is 0.209 e. The van der Waals surface area contributed by atoms with Crippen LogP contribution in [0.1, 0.15) is 5.56 Å². The summed E-state index contributed by atoms with van der Waals surface area (Å²) in [6, 6.07) is 14.2. The molecule has 4 rings (SSSR count). The largest absolute Gasteiger partial charge is 0.373 e. The highest BCUT2D eigenvalue weighted by Gasteiger charge is 2.19. The lowest BCUT2D eigenvalue weighted by Gasteiger charge is -2.33. The van der Waals surface area contributed by atoms with Crippen LogP contribution in [0.3, 0.4) is 0 Å². The Morgan fingerprint density at radius 1 is 1.04 bits per heavy atom. The molecule has 0 unspecified atom stereocenters. The van der Waals surface area contributed by atoms with Gasteiger partial charge in [0.25, 0.3) is 0 Å². The first kappa shape index (κ1) is 18.0. The third-order valence-corrected chi connectivity index (χ3v) is 5.17. The maximum absolute atomic E-state index is 10.9. The minimum absolute atomic E-state index is 0.735.